The molecule has 0 N–H and O–H groups in total. The van der Waals surface area contributed by atoms with Crippen molar-refractivity contribution in [2.45, 2.75) is 13.2 Å². The van der Waals surface area contributed by atoms with Gasteiger partial charge < -0.3 is 9.30 Å². The van der Waals surface area contributed by atoms with Crippen LogP contribution < -0.4 is 0 Å². The lowest BCUT2D eigenvalue weighted by Gasteiger charge is -2.16. The normalized spacial score (nSPS) is 12.5. The van der Waals surface area contributed by atoms with E-state index in [-0.39, 0.29) is 0 Å². The van der Waals surface area contributed by atoms with Crippen LogP contribution in [0.15, 0.2) is 152 Å². The maximum atomic E-state index is 6.20. The summed E-state index contributed by atoms with van der Waals surface area (Å²) in [4.78, 5) is 8.80. The Hall–Kier alpha value is -5.84. The van der Waals surface area contributed by atoms with Crippen molar-refractivity contribution >= 4 is 21.8 Å². The van der Waals surface area contributed by atoms with Gasteiger partial charge in [-0.25, -0.2) is 0 Å². The number of rotatable bonds is 4. The van der Waals surface area contributed by atoms with Crippen molar-refractivity contribution in [3.05, 3.63) is 163 Å². The van der Waals surface area contributed by atoms with Gasteiger partial charge in [-0.15, -0.1) is 0 Å². The molecule has 9 rings (SSSR count). The first kappa shape index (κ1) is 26.6. The fourth-order valence-corrected chi connectivity index (χ4v) is 6.88. The summed E-state index contributed by atoms with van der Waals surface area (Å²) in [6, 6.07) is 45.9. The summed E-state index contributed by atoms with van der Waals surface area (Å²) in [5.41, 5.74) is 15.1. The average Bonchev–Trinajstić information content (AvgIpc) is 3.35. The Morgan fingerprint density at radius 1 is 0.457 bits per heavy atom. The molecule has 4 heterocycles. The van der Waals surface area contributed by atoms with E-state index in [4.69, 9.17) is 4.74 Å². The number of ether oxygens (including phenoxy) is 1. The zero-order valence-corrected chi connectivity index (χ0v) is 25.1. The minimum atomic E-state index is 0.575. The van der Waals surface area contributed by atoms with Crippen LogP contribution in [0.25, 0.3) is 72.0 Å². The highest BCUT2D eigenvalue weighted by atomic mass is 16.5. The molecule has 46 heavy (non-hydrogen) atoms. The molecule has 0 bridgehead atoms. The van der Waals surface area contributed by atoms with Gasteiger partial charge in [0.15, 0.2) is 0 Å². The molecule has 5 aromatic carbocycles. The summed E-state index contributed by atoms with van der Waals surface area (Å²) in [5.74, 6) is 0. The summed E-state index contributed by atoms with van der Waals surface area (Å²) in [5, 5.41) is 2.52. The highest BCUT2D eigenvalue weighted by Crippen LogP contribution is 2.40. The lowest BCUT2D eigenvalue weighted by molar-refractivity contribution is 0.110. The number of hydrogen-bond donors (Lipinski definition) is 0. The van der Waals surface area contributed by atoms with E-state index in [1.807, 2.05) is 36.9 Å². The first-order valence-corrected chi connectivity index (χ1v) is 15.6. The highest BCUT2D eigenvalue weighted by molar-refractivity contribution is 6.09. The number of nitrogens with zero attached hydrogens (tertiary/aromatic N) is 3. The molecule has 4 heteroatoms. The van der Waals surface area contributed by atoms with Gasteiger partial charge in [-0.05, 0) is 105 Å². The molecule has 0 aliphatic carbocycles. The summed E-state index contributed by atoms with van der Waals surface area (Å²) in [6.45, 7) is 1.15. The number of pyridine rings is 2. The molecule has 0 radical (unpaired) electrons. The van der Waals surface area contributed by atoms with Gasteiger partial charge in [-0.3, -0.25) is 9.97 Å². The van der Waals surface area contributed by atoms with Gasteiger partial charge in [0.05, 0.1) is 24.2 Å². The van der Waals surface area contributed by atoms with E-state index in [9.17, 15) is 0 Å². The fourth-order valence-electron chi connectivity index (χ4n) is 6.88. The van der Waals surface area contributed by atoms with Crippen LogP contribution in [0.4, 0.5) is 0 Å². The maximum Gasteiger partial charge on any atom is 0.0727 e. The third-order valence-corrected chi connectivity index (χ3v) is 9.10. The van der Waals surface area contributed by atoms with Crippen molar-refractivity contribution in [1.29, 1.82) is 0 Å². The molecule has 0 unspecified atom stereocenters. The maximum absolute atomic E-state index is 6.20. The molecule has 3 aromatic heterocycles. The Kier molecular flexibility index (Phi) is 6.32. The Morgan fingerprint density at radius 3 is 1.59 bits per heavy atom. The quantitative estimate of drug-likeness (QED) is 0.204. The van der Waals surface area contributed by atoms with Crippen LogP contribution in [0, 0.1) is 0 Å². The molecule has 8 aromatic rings. The number of aromatic nitrogens is 3. The van der Waals surface area contributed by atoms with Crippen molar-refractivity contribution in [1.82, 2.24) is 14.5 Å². The van der Waals surface area contributed by atoms with E-state index < -0.39 is 0 Å². The van der Waals surface area contributed by atoms with Crippen molar-refractivity contribution in [3.63, 3.8) is 0 Å². The van der Waals surface area contributed by atoms with Gasteiger partial charge in [-0.2, -0.15) is 0 Å². The van der Waals surface area contributed by atoms with Gasteiger partial charge in [0.1, 0.15) is 0 Å². The second-order valence-electron chi connectivity index (χ2n) is 11.9. The summed E-state index contributed by atoms with van der Waals surface area (Å²) in [7, 11) is 0. The van der Waals surface area contributed by atoms with Crippen LogP contribution in [0.2, 0.25) is 0 Å². The SMILES string of the molecule is c1cncc(-c2cc(-c3cccnc3)cc(-c3ccc4c(c3)-c3cc(-n5c6ccccc6c6ccccc65)ccc3COC4)c2)c1. The fraction of sp³-hybridized carbons (Fsp3) is 0.0476. The van der Waals surface area contributed by atoms with E-state index in [0.29, 0.717) is 13.2 Å². The standard InChI is InChI=1S/C42H29N3O/c1-3-11-41-37(9-1)38-10-2-4-12-42(38)45(41)36-16-15-32-27-46-26-31-14-13-28(22-39(31)40(32)23-36)33-19-34(29-7-5-17-43-24-29)21-35(20-33)30-8-6-18-44-25-30/h1-25H,26-27H2. The van der Waals surface area contributed by atoms with Gasteiger partial charge in [0.25, 0.3) is 0 Å². The zero-order chi connectivity index (χ0) is 30.5. The van der Waals surface area contributed by atoms with Crippen molar-refractivity contribution in [3.8, 4) is 50.2 Å². The van der Waals surface area contributed by atoms with Gasteiger partial charge in [0, 0.05) is 52.4 Å². The molecule has 0 fully saturated rings. The zero-order valence-electron chi connectivity index (χ0n) is 25.1. The molecule has 4 nitrogen and oxygen atoms in total. The lowest BCUT2D eigenvalue weighted by atomic mass is 9.90. The molecule has 0 spiro atoms. The third-order valence-electron chi connectivity index (χ3n) is 9.10. The van der Waals surface area contributed by atoms with Crippen LogP contribution in [0.1, 0.15) is 11.1 Å². The van der Waals surface area contributed by atoms with Crippen LogP contribution in [0.5, 0.6) is 0 Å². The second-order valence-corrected chi connectivity index (χ2v) is 11.9. The van der Waals surface area contributed by atoms with Crippen LogP contribution >= 0.6 is 0 Å². The number of fused-ring (bicyclic) bond motifs is 6. The molecule has 1 aliphatic heterocycles. The van der Waals surface area contributed by atoms with E-state index in [2.05, 4.69) is 130 Å². The van der Waals surface area contributed by atoms with E-state index in [1.54, 1.807) is 0 Å². The van der Waals surface area contributed by atoms with Crippen LogP contribution in [0.3, 0.4) is 0 Å². The van der Waals surface area contributed by atoms with Gasteiger partial charge >= 0.3 is 0 Å². The Labute approximate surface area is 267 Å². The van der Waals surface area contributed by atoms with Crippen molar-refractivity contribution in [2.24, 2.45) is 0 Å². The Bertz CT molecular complexity index is 2280. The monoisotopic (exact) mass is 591 g/mol. The molecular weight excluding hydrogens is 562 g/mol. The predicted octanol–water partition coefficient (Wildman–Crippen LogP) is 10.3. The number of benzene rings is 5. The van der Waals surface area contributed by atoms with Crippen LogP contribution in [-0.2, 0) is 18.0 Å². The smallest absolute Gasteiger partial charge is 0.0727 e. The molecular formula is C42H29N3O. The number of hydrogen-bond acceptors (Lipinski definition) is 3. The summed E-state index contributed by atoms with van der Waals surface area (Å²) < 4.78 is 8.58. The molecule has 1 aliphatic rings. The summed E-state index contributed by atoms with van der Waals surface area (Å²) >= 11 is 0. The van der Waals surface area contributed by atoms with E-state index in [1.165, 1.54) is 44.1 Å². The van der Waals surface area contributed by atoms with E-state index in [0.717, 1.165) is 39.1 Å². The first-order valence-electron chi connectivity index (χ1n) is 15.6. The molecule has 0 atom stereocenters. The molecule has 0 saturated carbocycles. The molecule has 218 valence electrons. The predicted molar refractivity (Wildman–Crippen MR) is 187 cm³/mol. The third kappa shape index (κ3) is 4.50. The highest BCUT2D eigenvalue weighted by Gasteiger charge is 2.19. The second kappa shape index (κ2) is 11.0. The average molecular weight is 592 g/mol. The van der Waals surface area contributed by atoms with Crippen molar-refractivity contribution in [2.75, 3.05) is 0 Å². The minimum absolute atomic E-state index is 0.575. The number of para-hydroxylation sites is 2. The Morgan fingerprint density at radius 2 is 1.00 bits per heavy atom. The molecule has 0 saturated heterocycles. The van der Waals surface area contributed by atoms with E-state index >= 15 is 0 Å². The molecule has 0 amide bonds. The van der Waals surface area contributed by atoms with Crippen molar-refractivity contribution < 1.29 is 4.74 Å². The minimum Gasteiger partial charge on any atom is -0.372 e. The first-order chi connectivity index (χ1) is 22.8. The topological polar surface area (TPSA) is 39.9 Å². The Balaban J connectivity index is 1.23. The van der Waals surface area contributed by atoms with Crippen LogP contribution in [-0.4, -0.2) is 14.5 Å². The largest absolute Gasteiger partial charge is 0.372 e. The lowest BCUT2D eigenvalue weighted by Crippen LogP contribution is -1.97. The van der Waals surface area contributed by atoms with Gasteiger partial charge in [-0.1, -0.05) is 66.7 Å². The summed E-state index contributed by atoms with van der Waals surface area (Å²) in [6.07, 6.45) is 7.48. The van der Waals surface area contributed by atoms with Gasteiger partial charge in [0.2, 0.25) is 0 Å².